The van der Waals surface area contributed by atoms with E-state index in [0.29, 0.717) is 10.9 Å². The monoisotopic (exact) mass is 267 g/mol. The van der Waals surface area contributed by atoms with Crippen molar-refractivity contribution < 1.29 is 29.7 Å². The number of carboxylic acids is 1. The van der Waals surface area contributed by atoms with Gasteiger partial charge in [-0.05, 0) is 18.4 Å². The zero-order chi connectivity index (χ0) is 13.4. The molecule has 0 unspecified atom stereocenters. The minimum Gasteiger partial charge on any atom is -0.480 e. The largest absolute Gasteiger partial charge is 0.480 e. The smallest absolute Gasteiger partial charge is 0.420 e. The Hall–Kier alpha value is -1.68. The van der Waals surface area contributed by atoms with Gasteiger partial charge < -0.3 is 15.3 Å². The number of hydrogen-bond donors (Lipinski definition) is 5. The number of amides is 2. The molecule has 0 rings (SSSR count). The van der Waals surface area contributed by atoms with Crippen LogP contribution < -0.4 is 10.9 Å². The van der Waals surface area contributed by atoms with Crippen molar-refractivity contribution in [3.63, 3.8) is 0 Å². The zero-order valence-electron chi connectivity index (χ0n) is 8.91. The van der Waals surface area contributed by atoms with Gasteiger partial charge in [0.1, 0.15) is 6.04 Å². The summed E-state index contributed by atoms with van der Waals surface area (Å²) < 4.78 is 0. The first kappa shape index (κ1) is 15.3. The molecule has 2 amide bonds. The van der Waals surface area contributed by atoms with Gasteiger partial charge in [-0.3, -0.25) is 4.79 Å². The molecule has 10 heteroatoms. The molecular formula is C7H13N3O6S. The van der Waals surface area contributed by atoms with Crippen molar-refractivity contribution in [1.29, 1.82) is 0 Å². The van der Waals surface area contributed by atoms with Crippen LogP contribution in [0.15, 0.2) is 0 Å². The lowest BCUT2D eigenvalue weighted by Gasteiger charge is -2.26. The summed E-state index contributed by atoms with van der Waals surface area (Å²) in [4.78, 5) is 31.7. The van der Waals surface area contributed by atoms with Crippen molar-refractivity contribution in [2.75, 3.05) is 12.0 Å². The number of rotatable bonds is 7. The van der Waals surface area contributed by atoms with Gasteiger partial charge in [-0.1, -0.05) is 0 Å². The molecule has 1 atom stereocenters. The molecule has 0 aromatic rings. The fraction of sp³-hybridized carbons (Fsp3) is 0.571. The third-order valence-corrected chi connectivity index (χ3v) is 2.27. The summed E-state index contributed by atoms with van der Waals surface area (Å²) in [6, 6.07) is -1.31. The van der Waals surface area contributed by atoms with E-state index in [4.69, 9.17) is 15.3 Å². The quantitative estimate of drug-likeness (QED) is 0.401. The highest BCUT2D eigenvalue weighted by molar-refractivity contribution is 7.98. The second kappa shape index (κ2) is 7.57. The van der Waals surface area contributed by atoms with Gasteiger partial charge in [-0.15, -0.1) is 5.12 Å². The number of hydrazine groups is 2. The summed E-state index contributed by atoms with van der Waals surface area (Å²) in [6.45, 7) is 0. The van der Waals surface area contributed by atoms with Crippen molar-refractivity contribution in [2.24, 2.45) is 0 Å². The zero-order valence-corrected chi connectivity index (χ0v) is 9.73. The van der Waals surface area contributed by atoms with E-state index in [2.05, 4.69) is 0 Å². The van der Waals surface area contributed by atoms with Crippen molar-refractivity contribution in [1.82, 2.24) is 16.0 Å². The molecule has 0 radical (unpaired) electrons. The van der Waals surface area contributed by atoms with E-state index in [1.807, 2.05) is 0 Å². The molecule has 0 aliphatic heterocycles. The van der Waals surface area contributed by atoms with Crippen LogP contribution in [0.25, 0.3) is 0 Å². The van der Waals surface area contributed by atoms with Gasteiger partial charge in [0, 0.05) is 0 Å². The lowest BCUT2D eigenvalue weighted by atomic mass is 10.2. The molecule has 0 aromatic heterocycles. The first-order valence-corrected chi connectivity index (χ1v) is 5.78. The average Bonchev–Trinajstić information content (AvgIpc) is 2.15. The number of aliphatic carboxylic acids is 1. The summed E-state index contributed by atoms with van der Waals surface area (Å²) in [7, 11) is 0. The average molecular weight is 267 g/mol. The van der Waals surface area contributed by atoms with Crippen molar-refractivity contribution in [3.8, 4) is 0 Å². The highest BCUT2D eigenvalue weighted by Crippen LogP contribution is 2.05. The van der Waals surface area contributed by atoms with Gasteiger partial charge in [0.25, 0.3) is 0 Å². The minimum absolute atomic E-state index is 0.0804. The molecule has 0 saturated carbocycles. The van der Waals surface area contributed by atoms with E-state index >= 15 is 0 Å². The second-order valence-corrected chi connectivity index (χ2v) is 3.83. The maximum Gasteiger partial charge on any atom is 0.420 e. The Morgan fingerprint density at radius 2 is 1.65 bits per heavy atom. The van der Waals surface area contributed by atoms with Crippen LogP contribution in [0.2, 0.25) is 0 Å². The molecule has 0 saturated heterocycles. The van der Waals surface area contributed by atoms with E-state index in [0.717, 1.165) is 0 Å². The Morgan fingerprint density at radius 1 is 1.18 bits per heavy atom. The summed E-state index contributed by atoms with van der Waals surface area (Å²) in [6.07, 6.45) is -1.29. The minimum atomic E-state index is -1.56. The number of nitrogens with zero attached hydrogens (tertiary/aromatic N) is 1. The number of hydrogen-bond acceptors (Lipinski definition) is 5. The molecule has 9 nitrogen and oxygen atoms in total. The van der Waals surface area contributed by atoms with Crippen LogP contribution >= 0.6 is 11.8 Å². The van der Waals surface area contributed by atoms with E-state index in [-0.39, 0.29) is 6.42 Å². The van der Waals surface area contributed by atoms with E-state index in [1.165, 1.54) is 11.8 Å². The van der Waals surface area contributed by atoms with Gasteiger partial charge in [-0.25, -0.2) is 20.4 Å². The Morgan fingerprint density at radius 3 is 1.94 bits per heavy atom. The molecule has 17 heavy (non-hydrogen) atoms. The summed E-state index contributed by atoms with van der Waals surface area (Å²) in [5.74, 6) is -0.891. The van der Waals surface area contributed by atoms with E-state index in [1.54, 1.807) is 17.1 Å². The van der Waals surface area contributed by atoms with Gasteiger partial charge in [0.05, 0.1) is 0 Å². The fourth-order valence-electron chi connectivity index (χ4n) is 0.982. The standard InChI is InChI=1S/C7H13N3O6S/c1-17-3-2-4(5(11)12)10(8-6(13)14)9-7(15)16/h4,8-9H,2-3H2,1H3,(H,11,12)(H,13,14)(H,15,16)/t4-/m0/s1. The third-order valence-electron chi connectivity index (χ3n) is 1.62. The number of carboxylic acid groups (broad SMARTS) is 3. The van der Waals surface area contributed by atoms with Crippen LogP contribution in [0.4, 0.5) is 9.59 Å². The Balaban J connectivity index is 4.72. The molecule has 0 spiro atoms. The molecule has 0 heterocycles. The van der Waals surface area contributed by atoms with Crippen LogP contribution in [0.1, 0.15) is 6.42 Å². The van der Waals surface area contributed by atoms with E-state index < -0.39 is 24.2 Å². The third kappa shape index (κ3) is 6.48. The Labute approximate surface area is 101 Å². The molecule has 0 aromatic carbocycles. The summed E-state index contributed by atoms with van der Waals surface area (Å²) >= 11 is 1.36. The number of nitrogens with one attached hydrogen (secondary N) is 2. The SMILES string of the molecule is CSCC[C@@H](C(=O)O)N(NC(=O)O)NC(=O)O. The molecule has 0 aliphatic carbocycles. The first-order chi connectivity index (χ1) is 7.88. The highest BCUT2D eigenvalue weighted by Gasteiger charge is 2.28. The van der Waals surface area contributed by atoms with Crippen LogP contribution in [-0.2, 0) is 4.79 Å². The number of thioether (sulfide) groups is 1. The molecule has 98 valence electrons. The highest BCUT2D eigenvalue weighted by atomic mass is 32.2. The van der Waals surface area contributed by atoms with Crippen LogP contribution in [0.3, 0.4) is 0 Å². The molecule has 0 bridgehead atoms. The van der Waals surface area contributed by atoms with Crippen LogP contribution in [-0.4, -0.2) is 56.6 Å². The topological polar surface area (TPSA) is 139 Å². The van der Waals surface area contributed by atoms with Gasteiger partial charge >= 0.3 is 18.2 Å². The summed E-state index contributed by atoms with van der Waals surface area (Å²) in [5, 5.41) is 26.3. The normalized spacial score (nSPS) is 11.9. The van der Waals surface area contributed by atoms with Gasteiger partial charge in [-0.2, -0.15) is 11.8 Å². The summed E-state index contributed by atoms with van der Waals surface area (Å²) in [5.41, 5.74) is 3.34. The maximum absolute atomic E-state index is 10.9. The fourth-order valence-corrected chi connectivity index (χ4v) is 1.44. The lowest BCUT2D eigenvalue weighted by molar-refractivity contribution is -0.145. The lowest BCUT2D eigenvalue weighted by Crippen LogP contribution is -2.59. The van der Waals surface area contributed by atoms with Gasteiger partial charge in [0.15, 0.2) is 0 Å². The molecule has 0 aliphatic rings. The van der Waals surface area contributed by atoms with Gasteiger partial charge in [0.2, 0.25) is 0 Å². The van der Waals surface area contributed by atoms with Crippen molar-refractivity contribution in [2.45, 2.75) is 12.5 Å². The predicted molar refractivity (Wildman–Crippen MR) is 58.6 cm³/mol. The number of carbonyl (C=O) groups is 3. The van der Waals surface area contributed by atoms with Crippen molar-refractivity contribution in [3.05, 3.63) is 0 Å². The Bertz CT molecular complexity index is 283. The predicted octanol–water partition coefficient (Wildman–Crippen LogP) is -0.140. The van der Waals surface area contributed by atoms with Crippen LogP contribution in [0, 0.1) is 0 Å². The molecule has 5 N–H and O–H groups in total. The van der Waals surface area contributed by atoms with Crippen LogP contribution in [0.5, 0.6) is 0 Å². The Kier molecular flexibility index (Phi) is 6.82. The maximum atomic E-state index is 10.9. The first-order valence-electron chi connectivity index (χ1n) is 4.38. The van der Waals surface area contributed by atoms with Crippen molar-refractivity contribution >= 4 is 29.9 Å². The van der Waals surface area contributed by atoms with E-state index in [9.17, 15) is 14.4 Å². The molecular weight excluding hydrogens is 254 g/mol. The second-order valence-electron chi connectivity index (χ2n) is 2.84. The molecule has 0 fully saturated rings.